The third kappa shape index (κ3) is 2.08. The van der Waals surface area contributed by atoms with Crippen molar-refractivity contribution in [1.82, 2.24) is 4.98 Å². The minimum absolute atomic E-state index is 0.545. The molecule has 1 unspecified atom stereocenters. The number of para-hydroxylation sites is 1. The molecule has 2 heterocycles. The third-order valence-electron chi connectivity index (χ3n) is 3.32. The van der Waals surface area contributed by atoms with E-state index in [4.69, 9.17) is 11.6 Å². The number of rotatable bonds is 1. The van der Waals surface area contributed by atoms with Crippen molar-refractivity contribution in [3.63, 3.8) is 0 Å². The fourth-order valence-electron chi connectivity index (χ4n) is 2.56. The SMILES string of the molecule is CC1Cc2ccccc2N(c2cccc(Cl)n2)C1. The van der Waals surface area contributed by atoms with Gasteiger partial charge in [0.15, 0.2) is 0 Å². The van der Waals surface area contributed by atoms with Crippen molar-refractivity contribution < 1.29 is 0 Å². The van der Waals surface area contributed by atoms with Crippen LogP contribution in [0.4, 0.5) is 11.5 Å². The first-order valence-electron chi connectivity index (χ1n) is 6.22. The van der Waals surface area contributed by atoms with Crippen molar-refractivity contribution in [3.8, 4) is 0 Å². The van der Waals surface area contributed by atoms with Crippen molar-refractivity contribution >= 4 is 23.1 Å². The quantitative estimate of drug-likeness (QED) is 0.717. The van der Waals surface area contributed by atoms with Crippen molar-refractivity contribution in [2.24, 2.45) is 5.92 Å². The number of nitrogens with zero attached hydrogens (tertiary/aromatic N) is 2. The van der Waals surface area contributed by atoms with Gasteiger partial charge in [-0.25, -0.2) is 4.98 Å². The molecule has 2 nitrogen and oxygen atoms in total. The molecule has 92 valence electrons. The lowest BCUT2D eigenvalue weighted by atomic mass is 9.94. The predicted molar refractivity (Wildman–Crippen MR) is 75.6 cm³/mol. The molecule has 1 aromatic heterocycles. The summed E-state index contributed by atoms with van der Waals surface area (Å²) in [7, 11) is 0. The number of aromatic nitrogens is 1. The second-order valence-electron chi connectivity index (χ2n) is 4.87. The molecule has 0 fully saturated rings. The first-order valence-corrected chi connectivity index (χ1v) is 6.60. The smallest absolute Gasteiger partial charge is 0.134 e. The largest absolute Gasteiger partial charge is 0.326 e. The van der Waals surface area contributed by atoms with Gasteiger partial charge in [-0.1, -0.05) is 42.8 Å². The molecule has 2 aromatic rings. The molecule has 0 saturated heterocycles. The molecule has 0 bridgehead atoms. The van der Waals surface area contributed by atoms with Crippen LogP contribution in [0, 0.1) is 5.92 Å². The van der Waals surface area contributed by atoms with Gasteiger partial charge in [0.2, 0.25) is 0 Å². The maximum atomic E-state index is 5.99. The van der Waals surface area contributed by atoms with Gasteiger partial charge in [0.25, 0.3) is 0 Å². The molecule has 0 N–H and O–H groups in total. The number of pyridine rings is 1. The molecule has 0 amide bonds. The van der Waals surface area contributed by atoms with Crippen molar-refractivity contribution in [3.05, 3.63) is 53.2 Å². The lowest BCUT2D eigenvalue weighted by Gasteiger charge is -2.34. The Kier molecular flexibility index (Phi) is 2.96. The van der Waals surface area contributed by atoms with E-state index in [1.54, 1.807) is 0 Å². The van der Waals surface area contributed by atoms with Crippen LogP contribution in [-0.4, -0.2) is 11.5 Å². The van der Waals surface area contributed by atoms with E-state index in [1.807, 2.05) is 18.2 Å². The van der Waals surface area contributed by atoms with E-state index in [0.717, 1.165) is 18.8 Å². The van der Waals surface area contributed by atoms with Crippen LogP contribution >= 0.6 is 11.6 Å². The van der Waals surface area contributed by atoms with Gasteiger partial charge in [-0.3, -0.25) is 0 Å². The summed E-state index contributed by atoms with van der Waals surface area (Å²) in [5, 5.41) is 0.545. The monoisotopic (exact) mass is 258 g/mol. The number of hydrogen-bond donors (Lipinski definition) is 0. The highest BCUT2D eigenvalue weighted by molar-refractivity contribution is 6.29. The molecule has 0 aliphatic carbocycles. The lowest BCUT2D eigenvalue weighted by molar-refractivity contribution is 0.560. The number of hydrogen-bond acceptors (Lipinski definition) is 2. The summed E-state index contributed by atoms with van der Waals surface area (Å²) < 4.78 is 0. The van der Waals surface area contributed by atoms with Crippen LogP contribution in [0.3, 0.4) is 0 Å². The Morgan fingerprint density at radius 1 is 1.17 bits per heavy atom. The van der Waals surface area contributed by atoms with E-state index in [9.17, 15) is 0 Å². The first-order chi connectivity index (χ1) is 8.74. The molecule has 3 heteroatoms. The summed E-state index contributed by atoms with van der Waals surface area (Å²) in [5.74, 6) is 1.56. The van der Waals surface area contributed by atoms with Gasteiger partial charge in [-0.15, -0.1) is 0 Å². The van der Waals surface area contributed by atoms with Gasteiger partial charge in [-0.2, -0.15) is 0 Å². The van der Waals surface area contributed by atoms with Gasteiger partial charge in [0.05, 0.1) is 0 Å². The molecule has 0 radical (unpaired) electrons. The Bertz CT molecular complexity index is 568. The van der Waals surface area contributed by atoms with Crippen LogP contribution in [0.5, 0.6) is 0 Å². The number of halogens is 1. The molecule has 18 heavy (non-hydrogen) atoms. The van der Waals surface area contributed by atoms with Crippen LogP contribution in [-0.2, 0) is 6.42 Å². The summed E-state index contributed by atoms with van der Waals surface area (Å²) in [6, 6.07) is 14.3. The van der Waals surface area contributed by atoms with Crippen LogP contribution < -0.4 is 4.90 Å². The summed E-state index contributed by atoms with van der Waals surface area (Å²) in [6.07, 6.45) is 1.13. The molecule has 1 aromatic carbocycles. The van der Waals surface area contributed by atoms with Gasteiger partial charge in [-0.05, 0) is 36.1 Å². The maximum absolute atomic E-state index is 5.99. The summed E-state index contributed by atoms with van der Waals surface area (Å²) in [6.45, 7) is 3.26. The Morgan fingerprint density at radius 2 is 2.00 bits per heavy atom. The van der Waals surface area contributed by atoms with Gasteiger partial charge < -0.3 is 4.90 Å². The normalized spacial score (nSPS) is 18.6. The van der Waals surface area contributed by atoms with Gasteiger partial charge in [0, 0.05) is 12.2 Å². The van der Waals surface area contributed by atoms with Crippen LogP contribution in [0.25, 0.3) is 0 Å². The average Bonchev–Trinajstić information content (AvgIpc) is 2.37. The summed E-state index contributed by atoms with van der Waals surface area (Å²) in [4.78, 5) is 6.68. The predicted octanol–water partition coefficient (Wildman–Crippen LogP) is 4.07. The fraction of sp³-hybridized carbons (Fsp3) is 0.267. The summed E-state index contributed by atoms with van der Waals surface area (Å²) >= 11 is 5.99. The summed E-state index contributed by atoms with van der Waals surface area (Å²) in [5.41, 5.74) is 2.64. The molecule has 1 aliphatic rings. The van der Waals surface area contributed by atoms with Gasteiger partial charge >= 0.3 is 0 Å². The Morgan fingerprint density at radius 3 is 2.83 bits per heavy atom. The van der Waals surface area contributed by atoms with Crippen molar-refractivity contribution in [2.45, 2.75) is 13.3 Å². The third-order valence-corrected chi connectivity index (χ3v) is 3.53. The standard InChI is InChI=1S/C15H15ClN2/c1-11-9-12-5-2-3-6-13(12)18(10-11)15-8-4-7-14(16)17-15/h2-8,11H,9-10H2,1H3. The Labute approximate surface area is 112 Å². The average molecular weight is 259 g/mol. The van der Waals surface area contributed by atoms with Crippen molar-refractivity contribution in [2.75, 3.05) is 11.4 Å². The zero-order valence-electron chi connectivity index (χ0n) is 10.3. The molecule has 3 rings (SSSR count). The van der Waals surface area contributed by atoms with E-state index in [2.05, 4.69) is 41.1 Å². The zero-order chi connectivity index (χ0) is 12.5. The van der Waals surface area contributed by atoms with Gasteiger partial charge in [0.1, 0.15) is 11.0 Å². The van der Waals surface area contributed by atoms with Crippen LogP contribution in [0.2, 0.25) is 5.15 Å². The number of benzene rings is 1. The molecule has 1 atom stereocenters. The molecule has 0 spiro atoms. The van der Waals surface area contributed by atoms with E-state index in [-0.39, 0.29) is 0 Å². The van der Waals surface area contributed by atoms with Crippen LogP contribution in [0.15, 0.2) is 42.5 Å². The minimum Gasteiger partial charge on any atom is -0.326 e. The van der Waals surface area contributed by atoms with Crippen molar-refractivity contribution in [1.29, 1.82) is 0 Å². The zero-order valence-corrected chi connectivity index (χ0v) is 11.1. The topological polar surface area (TPSA) is 16.1 Å². The maximum Gasteiger partial charge on any atom is 0.134 e. The highest BCUT2D eigenvalue weighted by atomic mass is 35.5. The minimum atomic E-state index is 0.545. The lowest BCUT2D eigenvalue weighted by Crippen LogP contribution is -2.30. The highest BCUT2D eigenvalue weighted by Crippen LogP contribution is 2.34. The fourth-order valence-corrected chi connectivity index (χ4v) is 2.72. The van der Waals surface area contributed by atoms with E-state index < -0.39 is 0 Å². The number of anilines is 2. The second-order valence-corrected chi connectivity index (χ2v) is 5.25. The molecule has 1 aliphatic heterocycles. The van der Waals surface area contributed by atoms with E-state index in [0.29, 0.717) is 11.1 Å². The Balaban J connectivity index is 2.07. The van der Waals surface area contributed by atoms with E-state index >= 15 is 0 Å². The van der Waals surface area contributed by atoms with E-state index in [1.165, 1.54) is 11.3 Å². The number of fused-ring (bicyclic) bond motifs is 1. The molecule has 0 saturated carbocycles. The highest BCUT2D eigenvalue weighted by Gasteiger charge is 2.23. The Hall–Kier alpha value is -1.54. The molecular formula is C15H15ClN2. The van der Waals surface area contributed by atoms with Crippen LogP contribution in [0.1, 0.15) is 12.5 Å². The first kappa shape index (κ1) is 11.5. The molecular weight excluding hydrogens is 244 g/mol. The second kappa shape index (κ2) is 4.62.